The third-order valence-electron chi connectivity index (χ3n) is 5.03. The Kier molecular flexibility index (Phi) is 6.96. The maximum atomic E-state index is 12.4. The van der Waals surface area contributed by atoms with Gasteiger partial charge in [-0.3, -0.25) is 9.69 Å². The Morgan fingerprint density at radius 3 is 2.36 bits per heavy atom. The van der Waals surface area contributed by atoms with Crippen molar-refractivity contribution in [2.24, 2.45) is 5.92 Å². The van der Waals surface area contributed by atoms with E-state index in [4.69, 9.17) is 4.74 Å². The number of hydrogen-bond donors (Lipinski definition) is 0. The molecule has 28 heavy (non-hydrogen) atoms. The first-order valence-electron chi connectivity index (χ1n) is 9.51. The number of allylic oxidation sites excluding steroid dienone is 1. The number of carbonyl (C=O) groups excluding carboxylic acids is 1. The van der Waals surface area contributed by atoms with Crippen LogP contribution in [0.4, 0.5) is 13.2 Å². The van der Waals surface area contributed by atoms with E-state index in [0.717, 1.165) is 44.6 Å². The molecule has 2 aliphatic heterocycles. The normalized spacial score (nSPS) is 19.9. The Bertz CT molecular complexity index is 662. The van der Waals surface area contributed by atoms with Crippen molar-refractivity contribution >= 4 is 12.0 Å². The van der Waals surface area contributed by atoms with Gasteiger partial charge in [-0.05, 0) is 36.5 Å². The number of rotatable bonds is 5. The lowest BCUT2D eigenvalue weighted by atomic mass is 9.95. The Morgan fingerprint density at radius 2 is 1.75 bits per heavy atom. The first kappa shape index (κ1) is 20.7. The number of hydrogen-bond acceptors (Lipinski definition) is 4. The van der Waals surface area contributed by atoms with E-state index in [-0.39, 0.29) is 11.7 Å². The highest BCUT2D eigenvalue weighted by Gasteiger charge is 2.31. The third-order valence-corrected chi connectivity index (χ3v) is 5.03. The summed E-state index contributed by atoms with van der Waals surface area (Å²) < 4.78 is 45.7. The predicted octanol–water partition coefficient (Wildman–Crippen LogP) is 3.17. The third kappa shape index (κ3) is 6.53. The predicted molar refractivity (Wildman–Crippen MR) is 98.7 cm³/mol. The molecule has 0 bridgehead atoms. The fourth-order valence-corrected chi connectivity index (χ4v) is 3.42. The summed E-state index contributed by atoms with van der Waals surface area (Å²) in [4.78, 5) is 16.5. The average Bonchev–Trinajstić information content (AvgIpc) is 2.67. The molecule has 0 radical (unpaired) electrons. The summed E-state index contributed by atoms with van der Waals surface area (Å²) in [6.07, 6.45) is 1.09. The molecule has 0 N–H and O–H groups in total. The van der Waals surface area contributed by atoms with Crippen LogP contribution < -0.4 is 4.74 Å². The number of benzene rings is 1. The van der Waals surface area contributed by atoms with E-state index >= 15 is 0 Å². The van der Waals surface area contributed by atoms with Crippen LogP contribution in [-0.2, 0) is 9.53 Å². The Balaban J connectivity index is 1.42. The fourth-order valence-electron chi connectivity index (χ4n) is 3.42. The molecule has 2 heterocycles. The largest absolute Gasteiger partial charge is 0.573 e. The van der Waals surface area contributed by atoms with Crippen molar-refractivity contribution in [1.29, 1.82) is 0 Å². The molecule has 154 valence electrons. The first-order valence-corrected chi connectivity index (χ1v) is 9.51. The molecule has 1 amide bonds. The summed E-state index contributed by atoms with van der Waals surface area (Å²) in [5.41, 5.74) is 0.820. The molecule has 0 spiro atoms. The van der Waals surface area contributed by atoms with Crippen LogP contribution in [0.25, 0.3) is 6.08 Å². The van der Waals surface area contributed by atoms with Crippen LogP contribution in [0.15, 0.2) is 30.3 Å². The topological polar surface area (TPSA) is 42.0 Å². The van der Waals surface area contributed by atoms with Gasteiger partial charge in [0, 0.05) is 26.2 Å². The number of morpholine rings is 1. The van der Waals surface area contributed by atoms with E-state index in [9.17, 15) is 18.0 Å². The van der Waals surface area contributed by atoms with Crippen molar-refractivity contribution < 1.29 is 27.4 Å². The van der Waals surface area contributed by atoms with E-state index in [1.165, 1.54) is 12.1 Å². The first-order chi connectivity index (χ1) is 13.4. The lowest BCUT2D eigenvalue weighted by Crippen LogP contribution is -2.46. The van der Waals surface area contributed by atoms with Gasteiger partial charge in [0.25, 0.3) is 0 Å². The highest BCUT2D eigenvalue weighted by molar-refractivity contribution is 5.78. The summed E-state index contributed by atoms with van der Waals surface area (Å²) in [6.45, 7) is 4.89. The van der Waals surface area contributed by atoms with Gasteiger partial charge < -0.3 is 14.4 Å². The molecule has 5 nitrogen and oxygen atoms in total. The van der Waals surface area contributed by atoms with Gasteiger partial charge in [-0.1, -0.05) is 24.3 Å². The van der Waals surface area contributed by atoms with Crippen molar-refractivity contribution in [3.8, 4) is 5.75 Å². The SMILES string of the molecule is O=C(CN1CCOCC1)N1CCC(/C=C/c2ccc(OC(F)(F)F)cc2)CC1. The van der Waals surface area contributed by atoms with Crippen molar-refractivity contribution in [2.45, 2.75) is 19.2 Å². The summed E-state index contributed by atoms with van der Waals surface area (Å²) in [6, 6.07) is 5.80. The quantitative estimate of drug-likeness (QED) is 0.764. The maximum Gasteiger partial charge on any atom is 0.573 e. The lowest BCUT2D eigenvalue weighted by Gasteiger charge is -2.33. The number of likely N-dealkylation sites (tertiary alicyclic amines) is 1. The highest BCUT2D eigenvalue weighted by Crippen LogP contribution is 2.24. The van der Waals surface area contributed by atoms with E-state index < -0.39 is 6.36 Å². The van der Waals surface area contributed by atoms with Crippen molar-refractivity contribution in [3.63, 3.8) is 0 Å². The van der Waals surface area contributed by atoms with Gasteiger partial charge in [0.1, 0.15) is 5.75 Å². The zero-order chi connectivity index (χ0) is 20.0. The molecule has 0 aliphatic carbocycles. The van der Waals surface area contributed by atoms with Crippen LogP contribution in [0.3, 0.4) is 0 Å². The van der Waals surface area contributed by atoms with Gasteiger partial charge in [-0.2, -0.15) is 0 Å². The highest BCUT2D eigenvalue weighted by atomic mass is 19.4. The number of piperidine rings is 1. The van der Waals surface area contributed by atoms with E-state index in [2.05, 4.69) is 15.7 Å². The molecule has 1 aromatic rings. The molecule has 0 atom stereocenters. The van der Waals surface area contributed by atoms with Crippen LogP contribution in [0, 0.1) is 5.92 Å². The van der Waals surface area contributed by atoms with Crippen LogP contribution >= 0.6 is 0 Å². The van der Waals surface area contributed by atoms with Gasteiger partial charge in [-0.15, -0.1) is 13.2 Å². The van der Waals surface area contributed by atoms with Gasteiger partial charge in [0.2, 0.25) is 5.91 Å². The molecule has 2 saturated heterocycles. The van der Waals surface area contributed by atoms with Gasteiger partial charge >= 0.3 is 6.36 Å². The summed E-state index contributed by atoms with van der Waals surface area (Å²) in [5.74, 6) is 0.305. The van der Waals surface area contributed by atoms with Crippen LogP contribution in [0.1, 0.15) is 18.4 Å². The summed E-state index contributed by atoms with van der Waals surface area (Å²) >= 11 is 0. The molecular formula is C20H25F3N2O3. The van der Waals surface area contributed by atoms with E-state index in [0.29, 0.717) is 25.7 Å². The van der Waals surface area contributed by atoms with Crippen LogP contribution in [0.5, 0.6) is 5.75 Å². The molecular weight excluding hydrogens is 373 g/mol. The standard InChI is InChI=1S/C20H25F3N2O3/c21-20(22,23)28-18-5-3-16(4-6-18)1-2-17-7-9-25(10-8-17)19(26)15-24-11-13-27-14-12-24/h1-6,17H,7-15H2/b2-1+. The zero-order valence-electron chi connectivity index (χ0n) is 15.7. The summed E-state index contributed by atoms with van der Waals surface area (Å²) in [5, 5.41) is 0. The van der Waals surface area contributed by atoms with Crippen molar-refractivity contribution in [3.05, 3.63) is 35.9 Å². The minimum atomic E-state index is -4.68. The van der Waals surface area contributed by atoms with Crippen molar-refractivity contribution in [1.82, 2.24) is 9.80 Å². The smallest absolute Gasteiger partial charge is 0.406 e. The molecule has 0 unspecified atom stereocenters. The van der Waals surface area contributed by atoms with Gasteiger partial charge in [0.05, 0.1) is 19.8 Å². The second kappa shape index (κ2) is 9.43. The van der Waals surface area contributed by atoms with E-state index in [1.54, 1.807) is 12.1 Å². The van der Waals surface area contributed by atoms with Gasteiger partial charge in [-0.25, -0.2) is 0 Å². The number of amides is 1. The van der Waals surface area contributed by atoms with E-state index in [1.807, 2.05) is 11.0 Å². The lowest BCUT2D eigenvalue weighted by molar-refractivity contribution is -0.274. The summed E-state index contributed by atoms with van der Waals surface area (Å²) in [7, 11) is 0. The molecule has 2 fully saturated rings. The number of ether oxygens (including phenoxy) is 2. The molecule has 0 saturated carbocycles. The minimum absolute atomic E-state index is 0.171. The maximum absolute atomic E-state index is 12.4. The molecule has 1 aromatic carbocycles. The van der Waals surface area contributed by atoms with Crippen molar-refractivity contribution in [2.75, 3.05) is 45.9 Å². The number of alkyl halides is 3. The molecule has 8 heteroatoms. The van der Waals surface area contributed by atoms with Crippen LogP contribution in [0.2, 0.25) is 0 Å². The Morgan fingerprint density at radius 1 is 1.11 bits per heavy atom. The minimum Gasteiger partial charge on any atom is -0.406 e. The second-order valence-corrected chi connectivity index (χ2v) is 7.08. The molecule has 0 aromatic heterocycles. The average molecular weight is 398 g/mol. The Labute approximate surface area is 162 Å². The fraction of sp³-hybridized carbons (Fsp3) is 0.550. The second-order valence-electron chi connectivity index (χ2n) is 7.08. The number of halogens is 3. The zero-order valence-corrected chi connectivity index (χ0v) is 15.7. The molecule has 2 aliphatic rings. The van der Waals surface area contributed by atoms with Gasteiger partial charge in [0.15, 0.2) is 0 Å². The molecule has 3 rings (SSSR count). The monoisotopic (exact) mass is 398 g/mol. The Hall–Kier alpha value is -2.06. The number of nitrogens with zero attached hydrogens (tertiary/aromatic N) is 2. The number of carbonyl (C=O) groups is 1. The van der Waals surface area contributed by atoms with Crippen LogP contribution in [-0.4, -0.2) is 68.0 Å².